The number of nitrogens with one attached hydrogen (secondary N) is 1. The number of aromatic hydroxyl groups is 1. The van der Waals surface area contributed by atoms with Gasteiger partial charge in [-0.05, 0) is 86.7 Å². The van der Waals surface area contributed by atoms with Gasteiger partial charge in [0.2, 0.25) is 0 Å². The van der Waals surface area contributed by atoms with Gasteiger partial charge >= 0.3 is 6.18 Å². The van der Waals surface area contributed by atoms with Crippen LogP contribution < -0.4 is 9.46 Å². The van der Waals surface area contributed by atoms with E-state index in [0.29, 0.717) is 34.7 Å². The van der Waals surface area contributed by atoms with E-state index in [0.717, 1.165) is 12.1 Å². The van der Waals surface area contributed by atoms with Crippen molar-refractivity contribution in [2.45, 2.75) is 30.5 Å². The largest absolute Gasteiger partial charge is 0.506 e. The van der Waals surface area contributed by atoms with Crippen molar-refractivity contribution in [3.63, 3.8) is 0 Å². The van der Waals surface area contributed by atoms with E-state index in [2.05, 4.69) is 9.71 Å². The fourth-order valence-corrected chi connectivity index (χ4v) is 4.42. The van der Waals surface area contributed by atoms with Crippen LogP contribution in [0.4, 0.5) is 24.5 Å². The van der Waals surface area contributed by atoms with Gasteiger partial charge in [0, 0.05) is 17.5 Å². The molecule has 0 saturated carbocycles. The van der Waals surface area contributed by atoms with Crippen LogP contribution in [0.2, 0.25) is 0 Å². The molecule has 10 heteroatoms. The maximum Gasteiger partial charge on any atom is 0.416 e. The lowest BCUT2D eigenvalue weighted by Gasteiger charge is -2.28. The predicted octanol–water partition coefficient (Wildman–Crippen LogP) is 6.15. The lowest BCUT2D eigenvalue weighted by Crippen LogP contribution is -2.27. The molecule has 1 aliphatic rings. The second kappa shape index (κ2) is 8.77. The Morgan fingerprint density at radius 1 is 1.00 bits per heavy atom. The van der Waals surface area contributed by atoms with Crippen LogP contribution in [-0.4, -0.2) is 25.3 Å². The van der Waals surface area contributed by atoms with Gasteiger partial charge in [-0.2, -0.15) is 13.2 Å². The molecule has 0 unspecified atom stereocenters. The highest BCUT2D eigenvalue weighted by atomic mass is 32.2. The third kappa shape index (κ3) is 5.48. The zero-order valence-electron chi connectivity index (χ0n) is 18.7. The van der Waals surface area contributed by atoms with Gasteiger partial charge in [-0.3, -0.25) is 9.71 Å². The van der Waals surface area contributed by atoms with Crippen LogP contribution in [0.5, 0.6) is 11.5 Å². The third-order valence-corrected chi connectivity index (χ3v) is 6.59. The summed E-state index contributed by atoms with van der Waals surface area (Å²) in [6, 6.07) is 12.7. The van der Waals surface area contributed by atoms with E-state index in [4.69, 9.17) is 4.74 Å². The molecule has 6 nitrogen and oxygen atoms in total. The summed E-state index contributed by atoms with van der Waals surface area (Å²) >= 11 is 0. The summed E-state index contributed by atoms with van der Waals surface area (Å²) < 4.78 is 71.2. The van der Waals surface area contributed by atoms with Crippen molar-refractivity contribution in [3.8, 4) is 11.5 Å². The fraction of sp³-hybridized carbons (Fsp3) is 0.160. The van der Waals surface area contributed by atoms with Crippen molar-refractivity contribution in [2.24, 2.45) is 4.99 Å². The Morgan fingerprint density at radius 3 is 2.29 bits per heavy atom. The second-order valence-corrected chi connectivity index (χ2v) is 10.1. The Labute approximate surface area is 200 Å². The number of nitrogens with zero attached hydrogens (tertiary/aromatic N) is 1. The zero-order valence-corrected chi connectivity index (χ0v) is 19.5. The van der Waals surface area contributed by atoms with Gasteiger partial charge in [-0.25, -0.2) is 8.42 Å². The zero-order chi connectivity index (χ0) is 25.4. The fourth-order valence-electron chi connectivity index (χ4n) is 3.36. The molecule has 35 heavy (non-hydrogen) atoms. The molecule has 0 spiro atoms. The van der Waals surface area contributed by atoms with Crippen LogP contribution in [0.1, 0.15) is 30.5 Å². The van der Waals surface area contributed by atoms with Crippen LogP contribution in [0, 0.1) is 0 Å². The summed E-state index contributed by atoms with van der Waals surface area (Å²) in [7, 11) is -4.07. The standard InChI is InChI=1S/C25H21F3N2O4S/c1-24(2)14-13-21-22(34-24)12-3-16(23(21)31)15-29-18-6-8-19(9-7-18)30-35(32,33)20-10-4-17(5-11-20)25(26,27)28/h3-15,30-31H,1-2H3/b29-15+. The normalized spacial score (nSPS) is 15.0. The minimum absolute atomic E-state index is 0.0268. The number of sulfonamides is 1. The molecule has 0 saturated heterocycles. The molecule has 3 aromatic rings. The van der Waals surface area contributed by atoms with Gasteiger partial charge in [0.05, 0.1) is 21.7 Å². The van der Waals surface area contributed by atoms with Crippen LogP contribution >= 0.6 is 0 Å². The predicted molar refractivity (Wildman–Crippen MR) is 128 cm³/mol. The van der Waals surface area contributed by atoms with Gasteiger partial charge in [0.1, 0.15) is 17.1 Å². The Morgan fingerprint density at radius 2 is 1.66 bits per heavy atom. The number of aliphatic imine (C=N–C) groups is 1. The van der Waals surface area contributed by atoms with Gasteiger partial charge < -0.3 is 9.84 Å². The van der Waals surface area contributed by atoms with Crippen LogP contribution in [0.15, 0.2) is 76.6 Å². The smallest absolute Gasteiger partial charge is 0.416 e. The van der Waals surface area contributed by atoms with Crippen molar-refractivity contribution in [2.75, 3.05) is 4.72 Å². The second-order valence-electron chi connectivity index (χ2n) is 8.39. The SMILES string of the molecule is CC1(C)C=Cc2c(ccc(/C=N/c3ccc(NS(=O)(=O)c4ccc(C(F)(F)F)cc4)cc3)c2O)O1. The first-order chi connectivity index (χ1) is 16.3. The molecule has 0 aromatic heterocycles. The Kier molecular flexibility index (Phi) is 6.10. The maximum atomic E-state index is 12.7. The lowest BCUT2D eigenvalue weighted by molar-refractivity contribution is -0.137. The molecule has 3 aromatic carbocycles. The number of fused-ring (bicyclic) bond motifs is 1. The van der Waals surface area contributed by atoms with Gasteiger partial charge in [0.25, 0.3) is 10.0 Å². The highest BCUT2D eigenvalue weighted by molar-refractivity contribution is 7.92. The lowest BCUT2D eigenvalue weighted by atomic mass is 10.00. The molecular formula is C25H21F3N2O4S. The molecular weight excluding hydrogens is 481 g/mol. The molecule has 0 aliphatic carbocycles. The summed E-state index contributed by atoms with van der Waals surface area (Å²) in [5, 5.41) is 10.6. The van der Waals surface area contributed by atoms with Crippen molar-refractivity contribution in [3.05, 3.63) is 83.4 Å². The Bertz CT molecular complexity index is 1410. The number of ether oxygens (including phenoxy) is 1. The highest BCUT2D eigenvalue weighted by Gasteiger charge is 2.30. The van der Waals surface area contributed by atoms with E-state index in [1.807, 2.05) is 19.9 Å². The molecule has 0 bridgehead atoms. The molecule has 1 aliphatic heterocycles. The molecule has 4 rings (SSSR count). The number of benzene rings is 3. The number of alkyl halides is 3. The molecule has 0 fully saturated rings. The number of rotatable bonds is 5. The Balaban J connectivity index is 1.47. The summed E-state index contributed by atoms with van der Waals surface area (Å²) in [4.78, 5) is 4.02. The van der Waals surface area contributed by atoms with Gasteiger partial charge in [0.15, 0.2) is 0 Å². The van der Waals surface area contributed by atoms with Crippen LogP contribution in [-0.2, 0) is 16.2 Å². The molecule has 0 amide bonds. The van der Waals surface area contributed by atoms with Crippen LogP contribution in [0.3, 0.4) is 0 Å². The minimum Gasteiger partial charge on any atom is -0.506 e. The van der Waals surface area contributed by atoms with E-state index in [-0.39, 0.29) is 16.3 Å². The van der Waals surface area contributed by atoms with Gasteiger partial charge in [-0.1, -0.05) is 0 Å². The number of hydrogen-bond donors (Lipinski definition) is 2. The summed E-state index contributed by atoms with van der Waals surface area (Å²) in [5.74, 6) is 0.593. The molecule has 182 valence electrons. The topological polar surface area (TPSA) is 88.0 Å². The average Bonchev–Trinajstić information content (AvgIpc) is 2.78. The number of hydrogen-bond acceptors (Lipinski definition) is 5. The van der Waals surface area contributed by atoms with Crippen molar-refractivity contribution in [1.82, 2.24) is 0 Å². The first-order valence-corrected chi connectivity index (χ1v) is 11.9. The Hall–Kier alpha value is -3.79. The van der Waals surface area contributed by atoms with Crippen molar-refractivity contribution >= 4 is 33.7 Å². The van der Waals surface area contributed by atoms with Crippen molar-refractivity contribution in [1.29, 1.82) is 0 Å². The highest BCUT2D eigenvalue weighted by Crippen LogP contribution is 2.38. The minimum atomic E-state index is -4.55. The number of phenolic OH excluding ortho intramolecular Hbond substituents is 1. The molecule has 0 atom stereocenters. The van der Waals surface area contributed by atoms with Crippen LogP contribution in [0.25, 0.3) is 6.08 Å². The van der Waals surface area contributed by atoms with E-state index < -0.39 is 27.4 Å². The first kappa shape index (κ1) is 24.3. The van der Waals surface area contributed by atoms with E-state index in [1.54, 1.807) is 30.3 Å². The molecule has 0 radical (unpaired) electrons. The quantitative estimate of drug-likeness (QED) is 0.410. The number of anilines is 1. The third-order valence-electron chi connectivity index (χ3n) is 5.20. The van der Waals surface area contributed by atoms with E-state index >= 15 is 0 Å². The van der Waals surface area contributed by atoms with E-state index in [9.17, 15) is 26.7 Å². The number of phenols is 1. The maximum absolute atomic E-state index is 12.7. The van der Waals surface area contributed by atoms with Crippen molar-refractivity contribution < 1.29 is 31.4 Å². The average molecular weight is 503 g/mol. The summed E-state index contributed by atoms with van der Waals surface area (Å²) in [6.45, 7) is 3.82. The number of halogens is 3. The summed E-state index contributed by atoms with van der Waals surface area (Å²) in [5.41, 5.74) is 0.337. The summed E-state index contributed by atoms with van der Waals surface area (Å²) in [6.07, 6.45) is 0.567. The molecule has 2 N–H and O–H groups in total. The first-order valence-electron chi connectivity index (χ1n) is 10.4. The monoisotopic (exact) mass is 502 g/mol. The van der Waals surface area contributed by atoms with E-state index in [1.165, 1.54) is 18.3 Å². The van der Waals surface area contributed by atoms with Gasteiger partial charge in [-0.15, -0.1) is 0 Å². The molecule has 1 heterocycles.